The van der Waals surface area contributed by atoms with Gasteiger partial charge in [0.1, 0.15) is 5.76 Å². The normalized spacial score (nSPS) is 11.1. The summed E-state index contributed by atoms with van der Waals surface area (Å²) in [5, 5.41) is 4.01. The minimum Gasteiger partial charge on any atom is -0.457 e. The van der Waals surface area contributed by atoms with E-state index in [9.17, 15) is 4.39 Å². The molecule has 0 saturated carbocycles. The zero-order valence-corrected chi connectivity index (χ0v) is 8.36. The van der Waals surface area contributed by atoms with E-state index in [4.69, 9.17) is 16.0 Å². The Hall–Kier alpha value is -1.06. The maximum absolute atomic E-state index is 13.3. The predicted molar refractivity (Wildman–Crippen MR) is 53.9 cm³/mol. The first-order valence-corrected chi connectivity index (χ1v) is 4.60. The summed E-state index contributed by atoms with van der Waals surface area (Å²) in [7, 11) is 1.80. The molecule has 0 fully saturated rings. The fourth-order valence-corrected chi connectivity index (χ4v) is 1.60. The van der Waals surface area contributed by atoms with E-state index in [0.29, 0.717) is 22.7 Å². The van der Waals surface area contributed by atoms with Crippen molar-refractivity contribution >= 4 is 22.6 Å². The van der Waals surface area contributed by atoms with Gasteiger partial charge in [-0.25, -0.2) is 4.39 Å². The van der Waals surface area contributed by atoms with E-state index < -0.39 is 5.82 Å². The van der Waals surface area contributed by atoms with E-state index in [1.165, 1.54) is 6.07 Å². The molecule has 1 heterocycles. The van der Waals surface area contributed by atoms with E-state index in [1.807, 2.05) is 0 Å². The molecule has 0 saturated heterocycles. The lowest BCUT2D eigenvalue weighted by atomic mass is 10.2. The molecule has 0 unspecified atom stereocenters. The monoisotopic (exact) mass is 213 g/mol. The van der Waals surface area contributed by atoms with Crippen LogP contribution in [0.5, 0.6) is 0 Å². The van der Waals surface area contributed by atoms with Crippen molar-refractivity contribution in [3.8, 4) is 0 Å². The summed E-state index contributed by atoms with van der Waals surface area (Å²) < 4.78 is 18.6. The van der Waals surface area contributed by atoms with Crippen LogP contribution in [-0.2, 0) is 6.54 Å². The number of furan rings is 1. The first-order chi connectivity index (χ1) is 6.70. The molecular weight excluding hydrogens is 205 g/mol. The summed E-state index contributed by atoms with van der Waals surface area (Å²) >= 11 is 5.71. The Kier molecular flexibility index (Phi) is 2.44. The highest BCUT2D eigenvalue weighted by molar-refractivity contribution is 6.31. The number of hydrogen-bond donors (Lipinski definition) is 1. The van der Waals surface area contributed by atoms with E-state index >= 15 is 0 Å². The highest BCUT2D eigenvalue weighted by atomic mass is 35.5. The molecule has 74 valence electrons. The number of nitrogens with one attached hydrogen (secondary N) is 1. The summed E-state index contributed by atoms with van der Waals surface area (Å²) in [6, 6.07) is 4.71. The highest BCUT2D eigenvalue weighted by Gasteiger charge is 2.08. The molecular formula is C10H9ClFNO. The molecule has 1 aromatic heterocycles. The molecule has 0 aliphatic carbocycles. The Labute approximate surface area is 85.7 Å². The molecule has 0 aliphatic rings. The van der Waals surface area contributed by atoms with Crippen LogP contribution in [0.2, 0.25) is 5.02 Å². The van der Waals surface area contributed by atoms with Gasteiger partial charge in [-0.1, -0.05) is 11.6 Å². The molecule has 2 aromatic rings. The molecule has 14 heavy (non-hydrogen) atoms. The van der Waals surface area contributed by atoms with Crippen molar-refractivity contribution in [2.24, 2.45) is 0 Å². The van der Waals surface area contributed by atoms with Crippen molar-refractivity contribution in [3.63, 3.8) is 0 Å². The van der Waals surface area contributed by atoms with Crippen molar-refractivity contribution in [2.45, 2.75) is 6.54 Å². The van der Waals surface area contributed by atoms with Gasteiger partial charge >= 0.3 is 0 Å². The van der Waals surface area contributed by atoms with E-state index in [1.54, 1.807) is 19.2 Å². The average molecular weight is 214 g/mol. The van der Waals surface area contributed by atoms with E-state index in [2.05, 4.69) is 5.32 Å². The summed E-state index contributed by atoms with van der Waals surface area (Å²) in [5.41, 5.74) is 0.264. The number of hydrogen-bond acceptors (Lipinski definition) is 2. The topological polar surface area (TPSA) is 25.2 Å². The van der Waals surface area contributed by atoms with Gasteiger partial charge in [-0.3, -0.25) is 0 Å². The minimum absolute atomic E-state index is 0.264. The van der Waals surface area contributed by atoms with E-state index in [0.717, 1.165) is 0 Å². The molecule has 2 rings (SSSR count). The molecule has 0 spiro atoms. The van der Waals surface area contributed by atoms with Crippen LogP contribution >= 0.6 is 11.6 Å². The van der Waals surface area contributed by atoms with Crippen LogP contribution in [0.3, 0.4) is 0 Å². The first kappa shape index (κ1) is 9.49. The van der Waals surface area contributed by atoms with Gasteiger partial charge in [0.25, 0.3) is 0 Å². The number of rotatable bonds is 2. The Morgan fingerprint density at radius 1 is 1.43 bits per heavy atom. The van der Waals surface area contributed by atoms with Crippen LogP contribution in [0.15, 0.2) is 22.6 Å². The maximum atomic E-state index is 13.3. The Bertz CT molecular complexity index is 466. The van der Waals surface area contributed by atoms with Gasteiger partial charge in [-0.2, -0.15) is 0 Å². The molecule has 0 amide bonds. The molecule has 1 N–H and O–H groups in total. The van der Waals surface area contributed by atoms with Crippen molar-refractivity contribution < 1.29 is 8.81 Å². The zero-order valence-electron chi connectivity index (χ0n) is 7.60. The summed E-state index contributed by atoms with van der Waals surface area (Å²) in [5.74, 6) is 0.276. The second-order valence-corrected chi connectivity index (χ2v) is 3.49. The number of benzene rings is 1. The van der Waals surface area contributed by atoms with Gasteiger partial charge in [-0.05, 0) is 25.2 Å². The van der Waals surface area contributed by atoms with Crippen LogP contribution in [-0.4, -0.2) is 7.05 Å². The third kappa shape index (κ3) is 1.61. The Morgan fingerprint density at radius 2 is 2.21 bits per heavy atom. The summed E-state index contributed by atoms with van der Waals surface area (Å²) in [4.78, 5) is 0. The van der Waals surface area contributed by atoms with E-state index in [-0.39, 0.29) is 5.58 Å². The van der Waals surface area contributed by atoms with Crippen molar-refractivity contribution in [1.82, 2.24) is 5.32 Å². The minimum atomic E-state index is -0.421. The molecule has 0 bridgehead atoms. The van der Waals surface area contributed by atoms with Crippen LogP contribution in [0, 0.1) is 5.82 Å². The third-order valence-corrected chi connectivity index (χ3v) is 2.16. The van der Waals surface area contributed by atoms with Crippen LogP contribution < -0.4 is 5.32 Å². The molecule has 0 radical (unpaired) electrons. The average Bonchev–Trinajstić information content (AvgIpc) is 2.48. The lowest BCUT2D eigenvalue weighted by Crippen LogP contribution is -2.03. The fraction of sp³-hybridized carbons (Fsp3) is 0.200. The summed E-state index contributed by atoms with van der Waals surface area (Å²) in [6.45, 7) is 0.575. The third-order valence-electron chi connectivity index (χ3n) is 1.94. The highest BCUT2D eigenvalue weighted by Crippen LogP contribution is 2.25. The predicted octanol–water partition coefficient (Wildman–Crippen LogP) is 2.94. The van der Waals surface area contributed by atoms with Crippen LogP contribution in [0.25, 0.3) is 11.0 Å². The van der Waals surface area contributed by atoms with Crippen LogP contribution in [0.4, 0.5) is 4.39 Å². The number of fused-ring (bicyclic) bond motifs is 1. The van der Waals surface area contributed by atoms with Gasteiger partial charge in [-0.15, -0.1) is 0 Å². The Balaban J connectivity index is 2.58. The second-order valence-electron chi connectivity index (χ2n) is 3.05. The standard InChI is InChI=1S/C10H9ClFNO/c1-13-5-8-3-6-2-7(11)4-9(12)10(6)14-8/h2-4,13H,5H2,1H3. The quantitative estimate of drug-likeness (QED) is 0.830. The molecule has 0 aliphatic heterocycles. The lowest BCUT2D eigenvalue weighted by molar-refractivity contribution is 0.507. The summed E-state index contributed by atoms with van der Waals surface area (Å²) in [6.07, 6.45) is 0. The lowest BCUT2D eigenvalue weighted by Gasteiger charge is -1.92. The first-order valence-electron chi connectivity index (χ1n) is 4.23. The Morgan fingerprint density at radius 3 is 2.93 bits per heavy atom. The fourth-order valence-electron chi connectivity index (χ4n) is 1.39. The van der Waals surface area contributed by atoms with Gasteiger partial charge in [0, 0.05) is 10.4 Å². The largest absolute Gasteiger partial charge is 0.457 e. The molecule has 4 heteroatoms. The van der Waals surface area contributed by atoms with Crippen LogP contribution in [0.1, 0.15) is 5.76 Å². The van der Waals surface area contributed by atoms with Gasteiger partial charge in [0.15, 0.2) is 11.4 Å². The zero-order chi connectivity index (χ0) is 10.1. The van der Waals surface area contributed by atoms with Crippen molar-refractivity contribution in [1.29, 1.82) is 0 Å². The SMILES string of the molecule is CNCc1cc2cc(Cl)cc(F)c2o1. The smallest absolute Gasteiger partial charge is 0.170 e. The van der Waals surface area contributed by atoms with Gasteiger partial charge in [0.2, 0.25) is 0 Å². The molecule has 0 atom stereocenters. The van der Waals surface area contributed by atoms with Gasteiger partial charge in [0.05, 0.1) is 6.54 Å². The van der Waals surface area contributed by atoms with Gasteiger partial charge < -0.3 is 9.73 Å². The van der Waals surface area contributed by atoms with Crippen molar-refractivity contribution in [2.75, 3.05) is 7.05 Å². The molecule has 1 aromatic carbocycles. The number of halogens is 2. The second kappa shape index (κ2) is 3.59. The molecule has 2 nitrogen and oxygen atoms in total. The van der Waals surface area contributed by atoms with Crippen molar-refractivity contribution in [3.05, 3.63) is 34.8 Å². The maximum Gasteiger partial charge on any atom is 0.170 e.